The van der Waals surface area contributed by atoms with Gasteiger partial charge in [-0.25, -0.2) is 4.39 Å². The van der Waals surface area contributed by atoms with Gasteiger partial charge >= 0.3 is 6.18 Å². The summed E-state index contributed by atoms with van der Waals surface area (Å²) in [4.78, 5) is 10.7. The summed E-state index contributed by atoms with van der Waals surface area (Å²) in [5.41, 5.74) is 0.00576. The monoisotopic (exact) mass is 236 g/mol. The van der Waals surface area contributed by atoms with E-state index in [0.717, 1.165) is 18.2 Å². The van der Waals surface area contributed by atoms with E-state index in [1.165, 1.54) is 7.11 Å². The number of ketones is 1. The van der Waals surface area contributed by atoms with Gasteiger partial charge in [-0.3, -0.25) is 4.79 Å². The maximum Gasteiger partial charge on any atom is 0.450 e. The zero-order chi connectivity index (χ0) is 12.3. The molecular weight excluding hydrogens is 228 g/mol. The fourth-order valence-corrected chi connectivity index (χ4v) is 1.14. The van der Waals surface area contributed by atoms with Crippen molar-refractivity contribution < 1.29 is 27.1 Å². The molecule has 0 aliphatic carbocycles. The minimum absolute atomic E-state index is 0.00576. The lowest BCUT2D eigenvalue weighted by molar-refractivity contribution is -0.170. The van der Waals surface area contributed by atoms with Gasteiger partial charge in [-0.05, 0) is 6.07 Å². The highest BCUT2D eigenvalue weighted by atomic mass is 19.4. The SMILES string of the molecule is COc1cc(F)ccc1CC(=O)C(F)(F)F. The van der Waals surface area contributed by atoms with Crippen LogP contribution in [0.15, 0.2) is 18.2 Å². The Morgan fingerprint density at radius 3 is 2.50 bits per heavy atom. The molecule has 88 valence electrons. The number of benzene rings is 1. The molecule has 0 radical (unpaired) electrons. The highest BCUT2D eigenvalue weighted by Crippen LogP contribution is 2.24. The molecule has 0 atom stereocenters. The van der Waals surface area contributed by atoms with Crippen molar-refractivity contribution in [2.45, 2.75) is 12.6 Å². The van der Waals surface area contributed by atoms with E-state index in [4.69, 9.17) is 0 Å². The van der Waals surface area contributed by atoms with Crippen LogP contribution in [-0.2, 0) is 11.2 Å². The maximum absolute atomic E-state index is 12.7. The van der Waals surface area contributed by atoms with E-state index in [9.17, 15) is 22.4 Å². The molecule has 0 N–H and O–H groups in total. The van der Waals surface area contributed by atoms with Crippen molar-refractivity contribution in [2.75, 3.05) is 7.11 Å². The van der Waals surface area contributed by atoms with Gasteiger partial charge in [0, 0.05) is 18.1 Å². The summed E-state index contributed by atoms with van der Waals surface area (Å²) in [5, 5.41) is 0. The van der Waals surface area contributed by atoms with E-state index < -0.39 is 24.2 Å². The highest BCUT2D eigenvalue weighted by molar-refractivity contribution is 5.86. The van der Waals surface area contributed by atoms with Crippen molar-refractivity contribution in [3.63, 3.8) is 0 Å². The van der Waals surface area contributed by atoms with Gasteiger partial charge in [0.15, 0.2) is 0 Å². The molecule has 0 saturated heterocycles. The Bertz CT molecular complexity index is 398. The fourth-order valence-electron chi connectivity index (χ4n) is 1.14. The van der Waals surface area contributed by atoms with Crippen molar-refractivity contribution in [1.29, 1.82) is 0 Å². The zero-order valence-electron chi connectivity index (χ0n) is 8.27. The number of methoxy groups -OCH3 is 1. The average molecular weight is 236 g/mol. The van der Waals surface area contributed by atoms with Crippen LogP contribution in [0.5, 0.6) is 5.75 Å². The third-order valence-electron chi connectivity index (χ3n) is 1.92. The first-order chi connectivity index (χ1) is 7.34. The van der Waals surface area contributed by atoms with Gasteiger partial charge in [0.05, 0.1) is 7.11 Å². The molecule has 0 amide bonds. The van der Waals surface area contributed by atoms with E-state index >= 15 is 0 Å². The largest absolute Gasteiger partial charge is 0.496 e. The number of alkyl halides is 3. The lowest BCUT2D eigenvalue weighted by Crippen LogP contribution is -2.24. The van der Waals surface area contributed by atoms with Gasteiger partial charge in [0.2, 0.25) is 5.78 Å². The molecule has 0 bridgehead atoms. The van der Waals surface area contributed by atoms with Crippen molar-refractivity contribution in [1.82, 2.24) is 0 Å². The first kappa shape index (κ1) is 12.5. The predicted octanol–water partition coefficient (Wildman–Crippen LogP) is 2.51. The molecule has 1 aromatic carbocycles. The van der Waals surface area contributed by atoms with Crippen molar-refractivity contribution in [2.24, 2.45) is 0 Å². The third kappa shape index (κ3) is 2.95. The lowest BCUT2D eigenvalue weighted by atomic mass is 10.1. The van der Waals surface area contributed by atoms with Crippen LogP contribution in [0.1, 0.15) is 5.56 Å². The number of carbonyl (C=O) groups is 1. The van der Waals surface area contributed by atoms with E-state index in [1.54, 1.807) is 0 Å². The number of halogens is 4. The molecule has 2 nitrogen and oxygen atoms in total. The molecule has 0 unspecified atom stereocenters. The Morgan fingerprint density at radius 1 is 1.38 bits per heavy atom. The molecule has 0 aliphatic heterocycles. The van der Waals surface area contributed by atoms with Crippen molar-refractivity contribution in [3.8, 4) is 5.75 Å². The lowest BCUT2D eigenvalue weighted by Gasteiger charge is -2.09. The number of rotatable bonds is 3. The minimum Gasteiger partial charge on any atom is -0.496 e. The molecular formula is C10H8F4O2. The summed E-state index contributed by atoms with van der Waals surface area (Å²) in [7, 11) is 1.19. The molecule has 0 aliphatic rings. The molecule has 0 aromatic heterocycles. The van der Waals surface area contributed by atoms with Crippen LogP contribution < -0.4 is 4.74 Å². The number of ether oxygens (including phenoxy) is 1. The van der Waals surface area contributed by atoms with Gasteiger partial charge in [0.1, 0.15) is 11.6 Å². The number of carbonyl (C=O) groups excluding carboxylic acids is 1. The molecule has 1 rings (SSSR count). The minimum atomic E-state index is -4.89. The molecule has 0 saturated carbocycles. The van der Waals surface area contributed by atoms with Gasteiger partial charge < -0.3 is 4.74 Å². The summed E-state index contributed by atoms with van der Waals surface area (Å²) in [6.45, 7) is 0. The standard InChI is InChI=1S/C10H8F4O2/c1-16-8-5-7(11)3-2-6(8)4-9(15)10(12,13)14/h2-3,5H,4H2,1H3. The fraction of sp³-hybridized carbons (Fsp3) is 0.300. The van der Waals surface area contributed by atoms with Crippen LogP contribution in [0.25, 0.3) is 0 Å². The summed E-state index contributed by atoms with van der Waals surface area (Å²) in [6, 6.07) is 3.00. The molecule has 0 spiro atoms. The van der Waals surface area contributed by atoms with Gasteiger partial charge in [-0.1, -0.05) is 6.07 Å². The van der Waals surface area contributed by atoms with Crippen molar-refractivity contribution >= 4 is 5.78 Å². The summed E-state index contributed by atoms with van der Waals surface area (Å²) in [6.07, 6.45) is -5.74. The van der Waals surface area contributed by atoms with Crippen molar-refractivity contribution in [3.05, 3.63) is 29.6 Å². The number of hydrogen-bond donors (Lipinski definition) is 0. The second-order valence-electron chi connectivity index (χ2n) is 3.05. The van der Waals surface area contributed by atoms with Crippen LogP contribution in [0.4, 0.5) is 17.6 Å². The third-order valence-corrected chi connectivity index (χ3v) is 1.92. The molecule has 16 heavy (non-hydrogen) atoms. The van der Waals surface area contributed by atoms with E-state index in [1.807, 2.05) is 0 Å². The Kier molecular flexibility index (Phi) is 3.51. The molecule has 6 heteroatoms. The predicted molar refractivity (Wildman–Crippen MR) is 47.7 cm³/mol. The first-order valence-corrected chi connectivity index (χ1v) is 4.27. The smallest absolute Gasteiger partial charge is 0.450 e. The number of Topliss-reactive ketones (excluding diaryl/α,β-unsaturated/α-hetero) is 1. The van der Waals surface area contributed by atoms with Crippen LogP contribution in [0, 0.1) is 5.82 Å². The Labute approximate surface area is 88.8 Å². The quantitative estimate of drug-likeness (QED) is 0.754. The Hall–Kier alpha value is -1.59. The summed E-state index contributed by atoms with van der Waals surface area (Å²) in [5.74, 6) is -2.60. The van der Waals surface area contributed by atoms with E-state index in [-0.39, 0.29) is 11.3 Å². The maximum atomic E-state index is 12.7. The zero-order valence-corrected chi connectivity index (χ0v) is 8.27. The topological polar surface area (TPSA) is 26.3 Å². The Morgan fingerprint density at radius 2 is 2.00 bits per heavy atom. The molecule has 0 fully saturated rings. The second-order valence-corrected chi connectivity index (χ2v) is 3.05. The van der Waals surface area contributed by atoms with Crippen LogP contribution in [-0.4, -0.2) is 19.1 Å². The average Bonchev–Trinajstić information content (AvgIpc) is 2.19. The van der Waals surface area contributed by atoms with Gasteiger partial charge in [-0.2, -0.15) is 13.2 Å². The summed E-state index contributed by atoms with van der Waals surface area (Å²) < 4.78 is 53.4. The van der Waals surface area contributed by atoms with E-state index in [2.05, 4.69) is 4.74 Å². The van der Waals surface area contributed by atoms with Gasteiger partial charge in [0.25, 0.3) is 0 Å². The number of hydrogen-bond acceptors (Lipinski definition) is 2. The van der Waals surface area contributed by atoms with Crippen LogP contribution in [0.3, 0.4) is 0 Å². The summed E-state index contributed by atoms with van der Waals surface area (Å²) >= 11 is 0. The van der Waals surface area contributed by atoms with Crippen LogP contribution >= 0.6 is 0 Å². The van der Waals surface area contributed by atoms with E-state index in [0.29, 0.717) is 0 Å². The first-order valence-electron chi connectivity index (χ1n) is 4.27. The molecule has 1 aromatic rings. The highest BCUT2D eigenvalue weighted by Gasteiger charge is 2.38. The normalized spacial score (nSPS) is 11.3. The second kappa shape index (κ2) is 4.51. The van der Waals surface area contributed by atoms with Gasteiger partial charge in [-0.15, -0.1) is 0 Å². The Balaban J connectivity index is 2.93. The molecule has 0 heterocycles. The van der Waals surface area contributed by atoms with Crippen LogP contribution in [0.2, 0.25) is 0 Å².